The van der Waals surface area contributed by atoms with Crippen molar-refractivity contribution < 1.29 is 9.59 Å². The van der Waals surface area contributed by atoms with Gasteiger partial charge in [-0.3, -0.25) is 9.59 Å². The van der Waals surface area contributed by atoms with E-state index in [-0.39, 0.29) is 17.9 Å². The summed E-state index contributed by atoms with van der Waals surface area (Å²) in [6.45, 7) is 0.772. The van der Waals surface area contributed by atoms with E-state index in [1.807, 2.05) is 89.8 Å². The lowest BCUT2D eigenvalue weighted by atomic mass is 9.98. The van der Waals surface area contributed by atoms with E-state index in [9.17, 15) is 9.59 Å². The highest BCUT2D eigenvalue weighted by Gasteiger charge is 2.21. The highest BCUT2D eigenvalue weighted by molar-refractivity contribution is 5.95. The Labute approximate surface area is 171 Å². The summed E-state index contributed by atoms with van der Waals surface area (Å²) in [4.78, 5) is 26.5. The molecule has 1 heterocycles. The molecule has 0 aromatic heterocycles. The zero-order chi connectivity index (χ0) is 20.1. The topological polar surface area (TPSA) is 49.4 Å². The van der Waals surface area contributed by atoms with Gasteiger partial charge in [0.15, 0.2) is 0 Å². The van der Waals surface area contributed by atoms with Gasteiger partial charge in [0.2, 0.25) is 11.8 Å². The van der Waals surface area contributed by atoms with Crippen LogP contribution in [0.15, 0.2) is 84.9 Å². The normalized spacial score (nSPS) is 13.7. The number of hydrogen-bond acceptors (Lipinski definition) is 2. The molecule has 3 aromatic carbocycles. The van der Waals surface area contributed by atoms with Crippen molar-refractivity contribution in [3.05, 3.63) is 102 Å². The lowest BCUT2D eigenvalue weighted by molar-refractivity contribution is -0.121. The minimum atomic E-state index is -0.189. The molecular weight excluding hydrogens is 360 g/mol. The molecular formula is C25H24N2O2. The second kappa shape index (κ2) is 8.74. The van der Waals surface area contributed by atoms with E-state index >= 15 is 0 Å². The van der Waals surface area contributed by atoms with Crippen molar-refractivity contribution >= 4 is 17.5 Å². The monoisotopic (exact) mass is 384 g/mol. The molecule has 0 spiro atoms. The van der Waals surface area contributed by atoms with Gasteiger partial charge in [-0.1, -0.05) is 72.8 Å². The summed E-state index contributed by atoms with van der Waals surface area (Å²) in [6, 6.07) is 27.5. The Morgan fingerprint density at radius 1 is 0.862 bits per heavy atom. The van der Waals surface area contributed by atoms with Gasteiger partial charge in [0.25, 0.3) is 0 Å². The third kappa shape index (κ3) is 4.54. The van der Waals surface area contributed by atoms with E-state index in [4.69, 9.17) is 0 Å². The number of rotatable bonds is 6. The summed E-state index contributed by atoms with van der Waals surface area (Å²) in [5.41, 5.74) is 3.94. The highest BCUT2D eigenvalue weighted by atomic mass is 16.2. The van der Waals surface area contributed by atoms with E-state index in [0.717, 1.165) is 35.3 Å². The summed E-state index contributed by atoms with van der Waals surface area (Å²) in [5, 5.41) is 3.17. The van der Waals surface area contributed by atoms with Gasteiger partial charge in [0, 0.05) is 18.7 Å². The maximum Gasteiger partial charge on any atom is 0.227 e. The third-order valence-electron chi connectivity index (χ3n) is 5.26. The summed E-state index contributed by atoms with van der Waals surface area (Å²) in [7, 11) is 0. The fraction of sp³-hybridized carbons (Fsp3) is 0.200. The Hall–Kier alpha value is -3.40. The quantitative estimate of drug-likeness (QED) is 0.690. The van der Waals surface area contributed by atoms with Crippen LogP contribution in [-0.2, 0) is 16.0 Å². The summed E-state index contributed by atoms with van der Waals surface area (Å²) < 4.78 is 0. The first-order valence-corrected chi connectivity index (χ1v) is 9.99. The molecule has 0 saturated carbocycles. The number of benzene rings is 3. The zero-order valence-corrected chi connectivity index (χ0v) is 16.3. The van der Waals surface area contributed by atoms with Gasteiger partial charge in [0.1, 0.15) is 0 Å². The van der Waals surface area contributed by atoms with Crippen LogP contribution in [0.5, 0.6) is 0 Å². The number of amides is 2. The number of hydrogen-bond donors (Lipinski definition) is 1. The maximum atomic E-state index is 12.8. The van der Waals surface area contributed by atoms with Crippen LogP contribution in [0.25, 0.3) is 0 Å². The van der Waals surface area contributed by atoms with Crippen molar-refractivity contribution in [2.45, 2.75) is 25.3 Å². The highest BCUT2D eigenvalue weighted by Crippen LogP contribution is 2.23. The molecule has 0 radical (unpaired) electrons. The predicted octanol–water partition coefficient (Wildman–Crippen LogP) is 4.26. The van der Waals surface area contributed by atoms with Crippen LogP contribution in [0.4, 0.5) is 5.69 Å². The molecule has 4 nitrogen and oxygen atoms in total. The number of carbonyl (C=O) groups is 2. The Morgan fingerprint density at radius 3 is 1.97 bits per heavy atom. The molecule has 1 aliphatic heterocycles. The van der Waals surface area contributed by atoms with Gasteiger partial charge >= 0.3 is 0 Å². The fourth-order valence-electron chi connectivity index (χ4n) is 3.76. The van der Waals surface area contributed by atoms with Gasteiger partial charge < -0.3 is 10.2 Å². The number of anilines is 1. The third-order valence-corrected chi connectivity index (χ3v) is 5.26. The van der Waals surface area contributed by atoms with Crippen molar-refractivity contribution in [3.8, 4) is 0 Å². The Kier molecular flexibility index (Phi) is 5.71. The van der Waals surface area contributed by atoms with Crippen molar-refractivity contribution in [3.63, 3.8) is 0 Å². The van der Waals surface area contributed by atoms with Gasteiger partial charge in [0.05, 0.1) is 12.5 Å². The smallest absolute Gasteiger partial charge is 0.227 e. The first kappa shape index (κ1) is 18.9. The van der Waals surface area contributed by atoms with Crippen LogP contribution in [0, 0.1) is 0 Å². The SMILES string of the molecule is O=C(Cc1ccc(N2CCCC2=O)cc1)NC(c1ccccc1)c1ccccc1. The molecule has 0 unspecified atom stereocenters. The molecule has 0 bridgehead atoms. The lowest BCUT2D eigenvalue weighted by Gasteiger charge is -2.20. The Morgan fingerprint density at radius 2 is 1.45 bits per heavy atom. The van der Waals surface area contributed by atoms with E-state index in [1.54, 1.807) is 0 Å². The second-order valence-electron chi connectivity index (χ2n) is 7.31. The van der Waals surface area contributed by atoms with Crippen LogP contribution in [-0.4, -0.2) is 18.4 Å². The fourth-order valence-corrected chi connectivity index (χ4v) is 3.76. The van der Waals surface area contributed by atoms with Crippen molar-refractivity contribution in [2.75, 3.05) is 11.4 Å². The molecule has 4 heteroatoms. The number of nitrogens with one attached hydrogen (secondary N) is 1. The average Bonchev–Trinajstić information content (AvgIpc) is 3.20. The molecule has 2 amide bonds. The maximum absolute atomic E-state index is 12.8. The largest absolute Gasteiger partial charge is 0.345 e. The summed E-state index contributed by atoms with van der Waals surface area (Å²) >= 11 is 0. The lowest BCUT2D eigenvalue weighted by Crippen LogP contribution is -2.30. The van der Waals surface area contributed by atoms with Gasteiger partial charge in [-0.15, -0.1) is 0 Å². The van der Waals surface area contributed by atoms with Gasteiger partial charge in [-0.2, -0.15) is 0 Å². The number of nitrogens with zero attached hydrogens (tertiary/aromatic N) is 1. The van der Waals surface area contributed by atoms with Gasteiger partial charge in [-0.25, -0.2) is 0 Å². The predicted molar refractivity (Wildman–Crippen MR) is 115 cm³/mol. The summed E-state index contributed by atoms with van der Waals surface area (Å²) in [6.07, 6.45) is 1.82. The van der Waals surface area contributed by atoms with Crippen LogP contribution in [0.2, 0.25) is 0 Å². The van der Waals surface area contributed by atoms with Crippen LogP contribution < -0.4 is 10.2 Å². The molecule has 1 N–H and O–H groups in total. The average molecular weight is 384 g/mol. The standard InChI is InChI=1S/C25H24N2O2/c28-23(18-19-13-15-22(16-14-19)27-17-7-12-24(27)29)26-25(20-8-3-1-4-9-20)21-10-5-2-6-11-21/h1-6,8-11,13-16,25H,7,12,17-18H2,(H,26,28). The molecule has 4 rings (SSSR count). The van der Waals surface area contributed by atoms with Crippen molar-refractivity contribution in [2.24, 2.45) is 0 Å². The molecule has 3 aromatic rings. The minimum absolute atomic E-state index is 0.0345. The Bertz CT molecular complexity index is 929. The first-order chi connectivity index (χ1) is 14.2. The minimum Gasteiger partial charge on any atom is -0.345 e. The molecule has 1 aliphatic rings. The summed E-state index contributed by atoms with van der Waals surface area (Å²) in [5.74, 6) is 0.136. The Balaban J connectivity index is 1.46. The van der Waals surface area contributed by atoms with Crippen molar-refractivity contribution in [1.29, 1.82) is 0 Å². The van der Waals surface area contributed by atoms with Crippen LogP contribution >= 0.6 is 0 Å². The number of carbonyl (C=O) groups excluding carboxylic acids is 2. The van der Waals surface area contributed by atoms with Gasteiger partial charge in [-0.05, 0) is 35.2 Å². The van der Waals surface area contributed by atoms with Crippen LogP contribution in [0.3, 0.4) is 0 Å². The van der Waals surface area contributed by atoms with E-state index in [2.05, 4.69) is 5.32 Å². The second-order valence-corrected chi connectivity index (χ2v) is 7.31. The zero-order valence-electron chi connectivity index (χ0n) is 16.3. The first-order valence-electron chi connectivity index (χ1n) is 9.99. The van der Waals surface area contributed by atoms with E-state index in [1.165, 1.54) is 0 Å². The molecule has 1 fully saturated rings. The van der Waals surface area contributed by atoms with E-state index in [0.29, 0.717) is 12.8 Å². The van der Waals surface area contributed by atoms with E-state index < -0.39 is 0 Å². The molecule has 0 atom stereocenters. The molecule has 1 saturated heterocycles. The molecule has 146 valence electrons. The van der Waals surface area contributed by atoms with Crippen LogP contribution in [0.1, 0.15) is 35.6 Å². The molecule has 29 heavy (non-hydrogen) atoms. The molecule has 0 aliphatic carbocycles. The van der Waals surface area contributed by atoms with Crippen molar-refractivity contribution in [1.82, 2.24) is 5.32 Å².